The van der Waals surface area contributed by atoms with Crippen molar-refractivity contribution >= 4 is 0 Å². The second-order valence-electron chi connectivity index (χ2n) is 5.17. The van der Waals surface area contributed by atoms with Crippen LogP contribution in [0.5, 0.6) is 0 Å². The second-order valence-corrected chi connectivity index (χ2v) is 5.17. The molecule has 0 radical (unpaired) electrons. The summed E-state index contributed by atoms with van der Waals surface area (Å²) in [7, 11) is 1.84. The molecule has 0 aromatic carbocycles. The van der Waals surface area contributed by atoms with Crippen LogP contribution in [0.25, 0.3) is 11.5 Å². The normalized spacial score (nSPS) is 13.9. The van der Waals surface area contributed by atoms with Crippen molar-refractivity contribution in [3.63, 3.8) is 0 Å². The fourth-order valence-electron chi connectivity index (χ4n) is 1.37. The van der Waals surface area contributed by atoms with E-state index in [1.807, 2.05) is 40.1 Å². The SMILES string of the molecule is Cn1ccc(-c2noc([C@H](N)C(C)(C)C)n2)n1. The van der Waals surface area contributed by atoms with Gasteiger partial charge in [0.2, 0.25) is 11.7 Å². The van der Waals surface area contributed by atoms with Crippen LogP contribution in [0.2, 0.25) is 0 Å². The number of aryl methyl sites for hydroxylation is 1. The van der Waals surface area contributed by atoms with Gasteiger partial charge < -0.3 is 10.3 Å². The first-order valence-corrected chi connectivity index (χ1v) is 5.47. The van der Waals surface area contributed by atoms with E-state index >= 15 is 0 Å². The van der Waals surface area contributed by atoms with Crippen LogP contribution in [0, 0.1) is 5.41 Å². The average Bonchev–Trinajstić information content (AvgIpc) is 2.83. The minimum atomic E-state index is -0.285. The maximum Gasteiger partial charge on any atom is 0.244 e. The van der Waals surface area contributed by atoms with Gasteiger partial charge in [0.1, 0.15) is 5.69 Å². The Morgan fingerprint density at radius 2 is 2.12 bits per heavy atom. The Bertz CT molecular complexity index is 508. The topological polar surface area (TPSA) is 82.8 Å². The lowest BCUT2D eigenvalue weighted by Gasteiger charge is -2.23. The molecule has 2 heterocycles. The number of nitrogens with zero attached hydrogens (tertiary/aromatic N) is 4. The molecule has 0 unspecified atom stereocenters. The first-order valence-electron chi connectivity index (χ1n) is 5.47. The summed E-state index contributed by atoms with van der Waals surface area (Å²) in [6.45, 7) is 6.09. The highest BCUT2D eigenvalue weighted by Gasteiger charge is 2.27. The molecule has 0 fully saturated rings. The molecular formula is C11H17N5O. The highest BCUT2D eigenvalue weighted by atomic mass is 16.5. The molecule has 0 spiro atoms. The molecule has 6 heteroatoms. The molecule has 2 rings (SSSR count). The highest BCUT2D eigenvalue weighted by Crippen LogP contribution is 2.30. The zero-order valence-electron chi connectivity index (χ0n) is 10.5. The largest absolute Gasteiger partial charge is 0.337 e. The van der Waals surface area contributed by atoms with Gasteiger partial charge in [-0.25, -0.2) is 0 Å². The van der Waals surface area contributed by atoms with Crippen molar-refractivity contribution in [1.82, 2.24) is 19.9 Å². The van der Waals surface area contributed by atoms with Crippen molar-refractivity contribution in [3.05, 3.63) is 18.2 Å². The van der Waals surface area contributed by atoms with E-state index in [4.69, 9.17) is 10.3 Å². The van der Waals surface area contributed by atoms with E-state index in [0.29, 0.717) is 17.4 Å². The highest BCUT2D eigenvalue weighted by molar-refractivity contribution is 5.46. The van der Waals surface area contributed by atoms with E-state index in [0.717, 1.165) is 0 Å². The van der Waals surface area contributed by atoms with Crippen LogP contribution >= 0.6 is 0 Å². The summed E-state index contributed by atoms with van der Waals surface area (Å²) < 4.78 is 6.87. The molecule has 2 N–H and O–H groups in total. The second kappa shape index (κ2) is 3.96. The fourth-order valence-corrected chi connectivity index (χ4v) is 1.37. The van der Waals surface area contributed by atoms with E-state index in [9.17, 15) is 0 Å². The summed E-state index contributed by atoms with van der Waals surface area (Å²) in [5, 5.41) is 8.10. The smallest absolute Gasteiger partial charge is 0.244 e. The molecule has 0 bridgehead atoms. The van der Waals surface area contributed by atoms with Gasteiger partial charge in [0.25, 0.3) is 0 Å². The Kier molecular flexibility index (Phi) is 2.74. The molecule has 1 atom stereocenters. The van der Waals surface area contributed by atoms with Crippen molar-refractivity contribution in [2.45, 2.75) is 26.8 Å². The molecular weight excluding hydrogens is 218 g/mol. The zero-order valence-corrected chi connectivity index (χ0v) is 10.5. The third-order valence-electron chi connectivity index (χ3n) is 2.58. The van der Waals surface area contributed by atoms with Gasteiger partial charge in [-0.2, -0.15) is 10.1 Å². The Labute approximate surface area is 99.8 Å². The van der Waals surface area contributed by atoms with E-state index < -0.39 is 0 Å². The maximum atomic E-state index is 6.05. The van der Waals surface area contributed by atoms with Gasteiger partial charge in [0.15, 0.2) is 0 Å². The molecule has 0 amide bonds. The Balaban J connectivity index is 2.28. The molecule has 2 aromatic heterocycles. The number of nitrogens with two attached hydrogens (primary N) is 1. The van der Waals surface area contributed by atoms with Crippen LogP contribution in [-0.4, -0.2) is 19.9 Å². The lowest BCUT2D eigenvalue weighted by Crippen LogP contribution is -2.26. The van der Waals surface area contributed by atoms with Crippen molar-refractivity contribution < 1.29 is 4.52 Å². The van der Waals surface area contributed by atoms with Crippen LogP contribution in [0.3, 0.4) is 0 Å². The Morgan fingerprint density at radius 3 is 2.65 bits per heavy atom. The third-order valence-corrected chi connectivity index (χ3v) is 2.58. The first kappa shape index (κ1) is 11.8. The summed E-state index contributed by atoms with van der Waals surface area (Å²) in [6, 6.07) is 1.55. The van der Waals surface area contributed by atoms with E-state index in [2.05, 4.69) is 15.2 Å². The molecule has 17 heavy (non-hydrogen) atoms. The van der Waals surface area contributed by atoms with Crippen molar-refractivity contribution in [1.29, 1.82) is 0 Å². The Morgan fingerprint density at radius 1 is 1.41 bits per heavy atom. The number of aromatic nitrogens is 4. The van der Waals surface area contributed by atoms with Gasteiger partial charge in [0, 0.05) is 13.2 Å². The molecule has 2 aromatic rings. The van der Waals surface area contributed by atoms with Gasteiger partial charge in [-0.15, -0.1) is 0 Å². The van der Waals surface area contributed by atoms with Gasteiger partial charge in [-0.05, 0) is 11.5 Å². The van der Waals surface area contributed by atoms with Gasteiger partial charge in [-0.3, -0.25) is 4.68 Å². The van der Waals surface area contributed by atoms with Crippen LogP contribution < -0.4 is 5.73 Å². The summed E-state index contributed by atoms with van der Waals surface area (Å²) in [6.07, 6.45) is 1.83. The Hall–Kier alpha value is -1.69. The third kappa shape index (κ3) is 2.36. The molecule has 92 valence electrons. The predicted molar refractivity (Wildman–Crippen MR) is 62.9 cm³/mol. The minimum absolute atomic E-state index is 0.117. The van der Waals surface area contributed by atoms with Crippen molar-refractivity contribution in [3.8, 4) is 11.5 Å². The minimum Gasteiger partial charge on any atom is -0.337 e. The van der Waals surface area contributed by atoms with Gasteiger partial charge in [-0.1, -0.05) is 25.9 Å². The summed E-state index contributed by atoms with van der Waals surface area (Å²) >= 11 is 0. The molecule has 6 nitrogen and oxygen atoms in total. The maximum absolute atomic E-state index is 6.05. The molecule has 0 aliphatic carbocycles. The first-order chi connectivity index (χ1) is 7.88. The van der Waals surface area contributed by atoms with Crippen molar-refractivity contribution in [2.75, 3.05) is 0 Å². The zero-order chi connectivity index (χ0) is 12.6. The van der Waals surface area contributed by atoms with Gasteiger partial charge >= 0.3 is 0 Å². The van der Waals surface area contributed by atoms with E-state index in [-0.39, 0.29) is 11.5 Å². The van der Waals surface area contributed by atoms with Crippen molar-refractivity contribution in [2.24, 2.45) is 18.2 Å². The number of hydrogen-bond donors (Lipinski definition) is 1. The lowest BCUT2D eigenvalue weighted by atomic mass is 9.87. The number of rotatable bonds is 2. The summed E-state index contributed by atoms with van der Waals surface area (Å²) in [4.78, 5) is 4.28. The van der Waals surface area contributed by atoms with Crippen LogP contribution in [0.1, 0.15) is 32.7 Å². The fraction of sp³-hybridized carbons (Fsp3) is 0.545. The molecule has 0 aliphatic heterocycles. The molecule has 0 saturated carbocycles. The van der Waals surface area contributed by atoms with E-state index in [1.165, 1.54) is 0 Å². The van der Waals surface area contributed by atoms with E-state index in [1.54, 1.807) is 4.68 Å². The molecule has 0 saturated heterocycles. The van der Waals surface area contributed by atoms with Crippen LogP contribution in [0.15, 0.2) is 16.8 Å². The lowest BCUT2D eigenvalue weighted by molar-refractivity contribution is 0.253. The molecule has 0 aliphatic rings. The average molecular weight is 235 g/mol. The van der Waals surface area contributed by atoms with Crippen LogP contribution in [0.4, 0.5) is 0 Å². The van der Waals surface area contributed by atoms with Gasteiger partial charge in [0.05, 0.1) is 6.04 Å². The predicted octanol–water partition coefficient (Wildman–Crippen LogP) is 1.52. The number of hydrogen-bond acceptors (Lipinski definition) is 5. The summed E-state index contributed by atoms with van der Waals surface area (Å²) in [5.74, 6) is 0.915. The quantitative estimate of drug-likeness (QED) is 0.853. The standard InChI is InChI=1S/C11H17N5O/c1-11(2,3)8(12)10-13-9(15-17-10)7-5-6-16(4)14-7/h5-6,8H,12H2,1-4H3/t8-/m0/s1. The van der Waals surface area contributed by atoms with Crippen LogP contribution in [-0.2, 0) is 7.05 Å². The monoisotopic (exact) mass is 235 g/mol. The summed E-state index contributed by atoms with van der Waals surface area (Å²) in [5.41, 5.74) is 6.61.